The van der Waals surface area contributed by atoms with Crippen LogP contribution in [-0.4, -0.2) is 43.3 Å². The van der Waals surface area contributed by atoms with Crippen LogP contribution in [0.4, 0.5) is 5.69 Å². The van der Waals surface area contributed by atoms with Crippen molar-refractivity contribution >= 4 is 50.7 Å². The summed E-state index contributed by atoms with van der Waals surface area (Å²) in [5, 5.41) is 3.77. The third kappa shape index (κ3) is 9.12. The standard InChI is InChI=1S/C36H39Cl2N3O4S/c1-25-14-18-31(19-15-25)46(44,45)41(30-13-9-10-26(2)20-30)24-34(42)40(23-28-16-17-29(37)22-32(28)38)33(35(43)39-36(3,4)5)21-27-11-7-6-8-12-27/h6-20,22,33H,21,23-24H2,1-5H3,(H,39,43). The molecule has 1 atom stereocenters. The Hall–Kier alpha value is -3.85. The van der Waals surface area contributed by atoms with E-state index in [-0.39, 0.29) is 23.8 Å². The highest BCUT2D eigenvalue weighted by atomic mass is 35.5. The highest BCUT2D eigenvalue weighted by Crippen LogP contribution is 2.28. The smallest absolute Gasteiger partial charge is 0.264 e. The molecule has 1 N–H and O–H groups in total. The Labute approximate surface area is 282 Å². The van der Waals surface area contributed by atoms with Crippen molar-refractivity contribution in [3.63, 3.8) is 0 Å². The molecule has 0 bridgehead atoms. The second kappa shape index (κ2) is 14.7. The molecule has 4 aromatic carbocycles. The normalized spacial score (nSPS) is 12.3. The summed E-state index contributed by atoms with van der Waals surface area (Å²) in [4.78, 5) is 30.1. The zero-order valence-corrected chi connectivity index (χ0v) is 29.0. The summed E-state index contributed by atoms with van der Waals surface area (Å²) in [6, 6.07) is 26.8. The number of amides is 2. The Kier molecular flexibility index (Phi) is 11.2. The number of nitrogens with one attached hydrogen (secondary N) is 1. The van der Waals surface area contributed by atoms with Crippen molar-refractivity contribution in [1.82, 2.24) is 10.2 Å². The number of nitrogens with zero attached hydrogens (tertiary/aromatic N) is 2. The van der Waals surface area contributed by atoms with E-state index < -0.39 is 34.1 Å². The maximum atomic E-state index is 14.6. The molecule has 4 aromatic rings. The molecule has 0 aliphatic carbocycles. The molecular formula is C36H39Cl2N3O4S. The Balaban J connectivity index is 1.84. The number of carbonyl (C=O) groups is 2. The van der Waals surface area contributed by atoms with E-state index in [4.69, 9.17) is 23.2 Å². The molecule has 0 radical (unpaired) electrons. The van der Waals surface area contributed by atoms with Crippen LogP contribution in [0.25, 0.3) is 0 Å². The predicted molar refractivity (Wildman–Crippen MR) is 186 cm³/mol. The van der Waals surface area contributed by atoms with Crippen molar-refractivity contribution in [3.8, 4) is 0 Å². The molecule has 0 heterocycles. The molecule has 7 nitrogen and oxygen atoms in total. The van der Waals surface area contributed by atoms with Crippen molar-refractivity contribution in [1.29, 1.82) is 0 Å². The SMILES string of the molecule is Cc1ccc(S(=O)(=O)N(CC(=O)N(Cc2ccc(Cl)cc2Cl)C(Cc2ccccc2)C(=O)NC(C)(C)C)c2cccc(C)c2)cc1. The summed E-state index contributed by atoms with van der Waals surface area (Å²) >= 11 is 12.8. The van der Waals surface area contributed by atoms with Crippen LogP contribution in [0.2, 0.25) is 10.0 Å². The van der Waals surface area contributed by atoms with Gasteiger partial charge in [-0.3, -0.25) is 13.9 Å². The molecule has 0 fully saturated rings. The molecular weight excluding hydrogens is 641 g/mol. The van der Waals surface area contributed by atoms with E-state index in [0.717, 1.165) is 21.0 Å². The fourth-order valence-electron chi connectivity index (χ4n) is 4.99. The fourth-order valence-corrected chi connectivity index (χ4v) is 6.86. The van der Waals surface area contributed by atoms with Crippen LogP contribution < -0.4 is 9.62 Å². The quantitative estimate of drug-likeness (QED) is 0.179. The number of carbonyl (C=O) groups excluding carboxylic acids is 2. The van der Waals surface area contributed by atoms with Gasteiger partial charge in [-0.2, -0.15) is 0 Å². The highest BCUT2D eigenvalue weighted by molar-refractivity contribution is 7.92. The van der Waals surface area contributed by atoms with Crippen molar-refractivity contribution in [3.05, 3.63) is 129 Å². The van der Waals surface area contributed by atoms with Gasteiger partial charge in [0.25, 0.3) is 10.0 Å². The van der Waals surface area contributed by atoms with Crippen molar-refractivity contribution in [2.24, 2.45) is 0 Å². The summed E-state index contributed by atoms with van der Waals surface area (Å²) in [7, 11) is -4.19. The van der Waals surface area contributed by atoms with Crippen LogP contribution in [0.3, 0.4) is 0 Å². The van der Waals surface area contributed by atoms with Crippen molar-refractivity contribution in [2.45, 2.75) is 64.1 Å². The summed E-state index contributed by atoms with van der Waals surface area (Å²) < 4.78 is 29.5. The topological polar surface area (TPSA) is 86.8 Å². The number of aryl methyl sites for hydroxylation is 2. The summed E-state index contributed by atoms with van der Waals surface area (Å²) in [6.07, 6.45) is 0.189. The zero-order valence-electron chi connectivity index (χ0n) is 26.6. The number of rotatable bonds is 11. The van der Waals surface area contributed by atoms with Gasteiger partial charge in [-0.05, 0) is 87.7 Å². The number of hydrogen-bond donors (Lipinski definition) is 1. The molecule has 46 heavy (non-hydrogen) atoms. The van der Waals surface area contributed by atoms with E-state index in [1.165, 1.54) is 17.0 Å². The molecule has 0 aliphatic rings. The minimum atomic E-state index is -4.19. The first-order valence-corrected chi connectivity index (χ1v) is 17.1. The lowest BCUT2D eigenvalue weighted by atomic mass is 10.0. The van der Waals surface area contributed by atoms with Crippen LogP contribution in [0.15, 0.2) is 102 Å². The van der Waals surface area contributed by atoms with Crippen molar-refractivity contribution in [2.75, 3.05) is 10.8 Å². The van der Waals surface area contributed by atoms with Crippen LogP contribution in [0.1, 0.15) is 43.0 Å². The van der Waals surface area contributed by atoms with Gasteiger partial charge in [0.2, 0.25) is 11.8 Å². The van der Waals surface area contributed by atoms with Crippen molar-refractivity contribution < 1.29 is 18.0 Å². The van der Waals surface area contributed by atoms with E-state index in [9.17, 15) is 18.0 Å². The van der Waals surface area contributed by atoms with E-state index in [0.29, 0.717) is 21.3 Å². The minimum Gasteiger partial charge on any atom is -0.350 e. The van der Waals surface area contributed by atoms with Gasteiger partial charge in [0, 0.05) is 28.5 Å². The van der Waals surface area contributed by atoms with E-state index in [2.05, 4.69) is 5.32 Å². The van der Waals surface area contributed by atoms with Gasteiger partial charge in [0.1, 0.15) is 12.6 Å². The molecule has 10 heteroatoms. The van der Waals surface area contributed by atoms with Gasteiger partial charge >= 0.3 is 0 Å². The number of hydrogen-bond acceptors (Lipinski definition) is 4. The summed E-state index contributed by atoms with van der Waals surface area (Å²) in [5.41, 5.74) is 2.85. The first-order valence-electron chi connectivity index (χ1n) is 14.9. The Morgan fingerprint density at radius 2 is 1.50 bits per heavy atom. The monoisotopic (exact) mass is 679 g/mol. The molecule has 0 saturated carbocycles. The van der Waals surface area contributed by atoms with Crippen LogP contribution in [0.5, 0.6) is 0 Å². The maximum Gasteiger partial charge on any atom is 0.264 e. The molecule has 0 saturated heterocycles. The van der Waals surface area contributed by atoms with E-state index in [1.54, 1.807) is 48.5 Å². The lowest BCUT2D eigenvalue weighted by Gasteiger charge is -2.35. The largest absolute Gasteiger partial charge is 0.350 e. The number of benzene rings is 4. The average molecular weight is 681 g/mol. The first kappa shape index (κ1) is 35.0. The minimum absolute atomic E-state index is 0.0472. The van der Waals surface area contributed by atoms with E-state index in [1.807, 2.05) is 71.0 Å². The third-order valence-electron chi connectivity index (χ3n) is 7.30. The van der Waals surface area contributed by atoms with Gasteiger partial charge in [-0.1, -0.05) is 89.4 Å². The van der Waals surface area contributed by atoms with Crippen LogP contribution >= 0.6 is 23.2 Å². The molecule has 0 aromatic heterocycles. The molecule has 0 aliphatic heterocycles. The second-order valence-corrected chi connectivity index (χ2v) is 15.1. The molecule has 2 amide bonds. The maximum absolute atomic E-state index is 14.6. The first-order chi connectivity index (χ1) is 21.6. The molecule has 4 rings (SSSR count). The number of halogens is 2. The summed E-state index contributed by atoms with van der Waals surface area (Å²) in [6.45, 7) is 8.69. The fraction of sp³-hybridized carbons (Fsp3) is 0.278. The van der Waals surface area contributed by atoms with Gasteiger partial charge in [0.15, 0.2) is 0 Å². The Morgan fingerprint density at radius 1 is 0.826 bits per heavy atom. The average Bonchev–Trinajstić information content (AvgIpc) is 2.98. The molecule has 242 valence electrons. The lowest BCUT2D eigenvalue weighted by Crippen LogP contribution is -2.56. The van der Waals surface area contributed by atoms with Crippen LogP contribution in [-0.2, 0) is 32.6 Å². The second-order valence-electron chi connectivity index (χ2n) is 12.4. The van der Waals surface area contributed by atoms with Gasteiger partial charge in [-0.25, -0.2) is 8.42 Å². The lowest BCUT2D eigenvalue weighted by molar-refractivity contribution is -0.140. The molecule has 1 unspecified atom stereocenters. The van der Waals surface area contributed by atoms with Gasteiger partial charge in [-0.15, -0.1) is 0 Å². The Bertz CT molecular complexity index is 1790. The predicted octanol–water partition coefficient (Wildman–Crippen LogP) is 7.36. The van der Waals surface area contributed by atoms with E-state index >= 15 is 0 Å². The molecule has 0 spiro atoms. The number of sulfonamides is 1. The third-order valence-corrected chi connectivity index (χ3v) is 9.68. The van der Waals surface area contributed by atoms with Gasteiger partial charge in [0.05, 0.1) is 10.6 Å². The van der Waals surface area contributed by atoms with Crippen LogP contribution in [0, 0.1) is 13.8 Å². The number of anilines is 1. The Morgan fingerprint density at radius 3 is 2.11 bits per heavy atom. The summed E-state index contributed by atoms with van der Waals surface area (Å²) in [5.74, 6) is -0.952. The van der Waals surface area contributed by atoms with Gasteiger partial charge < -0.3 is 10.2 Å². The highest BCUT2D eigenvalue weighted by Gasteiger charge is 2.36. The zero-order chi connectivity index (χ0) is 33.6.